The van der Waals surface area contributed by atoms with Gasteiger partial charge in [-0.1, -0.05) is 32.6 Å². The molecule has 0 heterocycles. The zero-order valence-electron chi connectivity index (χ0n) is 18.2. The van der Waals surface area contributed by atoms with Crippen molar-refractivity contribution in [3.63, 3.8) is 0 Å². The van der Waals surface area contributed by atoms with Crippen LogP contribution in [0.25, 0.3) is 0 Å². The van der Waals surface area contributed by atoms with Crippen molar-refractivity contribution in [2.24, 2.45) is 0 Å². The first-order valence-corrected chi connectivity index (χ1v) is 10.9. The minimum absolute atomic E-state index is 0.0316. The third-order valence-corrected chi connectivity index (χ3v) is 5.38. The van der Waals surface area contributed by atoms with Crippen LogP contribution in [0.2, 0.25) is 0 Å². The van der Waals surface area contributed by atoms with Crippen molar-refractivity contribution in [1.82, 2.24) is 0 Å². The Morgan fingerprint density at radius 3 is 2.34 bits per heavy atom. The Labute approximate surface area is 174 Å². The van der Waals surface area contributed by atoms with Crippen molar-refractivity contribution in [2.45, 2.75) is 84.3 Å². The van der Waals surface area contributed by atoms with Gasteiger partial charge >= 0.3 is 5.97 Å². The maximum absolute atomic E-state index is 13.2. The summed E-state index contributed by atoms with van der Waals surface area (Å²) in [5, 5.41) is 2.97. The highest BCUT2D eigenvalue weighted by atomic mass is 16.5. The number of esters is 1. The van der Waals surface area contributed by atoms with Crippen molar-refractivity contribution >= 4 is 17.6 Å². The van der Waals surface area contributed by atoms with E-state index in [2.05, 4.69) is 5.32 Å². The lowest BCUT2D eigenvalue weighted by Gasteiger charge is -2.31. The molecule has 1 aliphatic carbocycles. The zero-order chi connectivity index (χ0) is 21.3. The van der Waals surface area contributed by atoms with Crippen molar-refractivity contribution in [3.8, 4) is 5.75 Å². The van der Waals surface area contributed by atoms with E-state index in [9.17, 15) is 9.59 Å². The molecule has 1 fully saturated rings. The number of nitrogens with one attached hydrogen (secondary N) is 1. The van der Waals surface area contributed by atoms with Crippen LogP contribution < -0.4 is 10.1 Å². The number of benzene rings is 1. The van der Waals surface area contributed by atoms with E-state index in [0.717, 1.165) is 32.1 Å². The third-order valence-electron chi connectivity index (χ3n) is 5.38. The lowest BCUT2D eigenvalue weighted by molar-refractivity contribution is -0.143. The number of anilines is 1. The van der Waals surface area contributed by atoms with Gasteiger partial charge in [-0.25, -0.2) is 4.79 Å². The fourth-order valence-corrected chi connectivity index (χ4v) is 3.64. The van der Waals surface area contributed by atoms with Gasteiger partial charge in [-0.05, 0) is 58.2 Å². The predicted molar refractivity (Wildman–Crippen MR) is 113 cm³/mol. The van der Waals surface area contributed by atoms with Crippen molar-refractivity contribution in [1.29, 1.82) is 0 Å². The second-order valence-electron chi connectivity index (χ2n) is 7.56. The number of carbonyl (C=O) groups is 2. The smallest absolute Gasteiger partial charge is 0.341 e. The number of amides is 1. The van der Waals surface area contributed by atoms with E-state index in [1.54, 1.807) is 25.1 Å². The van der Waals surface area contributed by atoms with E-state index in [1.807, 2.05) is 20.8 Å². The van der Waals surface area contributed by atoms with Crippen LogP contribution in [0, 0.1) is 0 Å². The molecule has 0 aliphatic heterocycles. The predicted octanol–water partition coefficient (Wildman–Crippen LogP) is 5.11. The van der Waals surface area contributed by atoms with Crippen LogP contribution >= 0.6 is 0 Å². The second-order valence-corrected chi connectivity index (χ2v) is 7.56. The van der Waals surface area contributed by atoms with E-state index in [4.69, 9.17) is 14.2 Å². The minimum atomic E-state index is -0.804. The SMILES string of the molecule is CCOC(=O)c1cc(NC(=O)C2(OCC)CCCCCC2)ccc1O[C@@H](C)CC. The summed E-state index contributed by atoms with van der Waals surface area (Å²) in [4.78, 5) is 25.6. The number of hydrogen-bond donors (Lipinski definition) is 1. The fourth-order valence-electron chi connectivity index (χ4n) is 3.64. The summed E-state index contributed by atoms with van der Waals surface area (Å²) >= 11 is 0. The first-order valence-electron chi connectivity index (χ1n) is 10.9. The molecule has 1 atom stereocenters. The van der Waals surface area contributed by atoms with Gasteiger partial charge in [-0.15, -0.1) is 0 Å². The lowest BCUT2D eigenvalue weighted by atomic mass is 9.92. The molecule has 0 saturated heterocycles. The normalized spacial score (nSPS) is 17.1. The van der Waals surface area contributed by atoms with E-state index in [1.165, 1.54) is 0 Å². The van der Waals surface area contributed by atoms with Crippen LogP contribution in [0.3, 0.4) is 0 Å². The van der Waals surface area contributed by atoms with Crippen molar-refractivity contribution < 1.29 is 23.8 Å². The summed E-state index contributed by atoms with van der Waals surface area (Å²) in [6.45, 7) is 8.40. The summed E-state index contributed by atoms with van der Waals surface area (Å²) in [6.07, 6.45) is 6.41. The Bertz CT molecular complexity index is 680. The number of rotatable bonds is 9. The molecule has 162 valence electrons. The highest BCUT2D eigenvalue weighted by Crippen LogP contribution is 2.33. The van der Waals surface area contributed by atoms with Crippen molar-refractivity contribution in [3.05, 3.63) is 23.8 Å². The Balaban J connectivity index is 2.27. The van der Waals surface area contributed by atoms with Gasteiger partial charge in [0.05, 0.1) is 12.7 Å². The molecular weight excluding hydrogens is 370 g/mol. The number of ether oxygens (including phenoxy) is 3. The average Bonchev–Trinajstić information content (AvgIpc) is 2.96. The Hall–Kier alpha value is -2.08. The summed E-state index contributed by atoms with van der Waals surface area (Å²) < 4.78 is 17.0. The standard InChI is InChI=1S/C23H35NO5/c1-5-17(4)29-20-13-12-18(16-19(20)21(25)27-6-2)24-22(26)23(28-7-3)14-10-8-9-11-15-23/h12-13,16-17H,5-11,14-15H2,1-4H3,(H,24,26)/t17-/m0/s1. The van der Waals surface area contributed by atoms with Crippen LogP contribution in [-0.4, -0.2) is 36.8 Å². The van der Waals surface area contributed by atoms with Gasteiger partial charge in [0.2, 0.25) is 0 Å². The molecule has 1 N–H and O–H groups in total. The Morgan fingerprint density at radius 1 is 1.07 bits per heavy atom. The summed E-state index contributed by atoms with van der Waals surface area (Å²) in [5.74, 6) is -0.146. The summed E-state index contributed by atoms with van der Waals surface area (Å²) in [5.41, 5.74) is 0.0514. The van der Waals surface area contributed by atoms with Crippen LogP contribution in [-0.2, 0) is 14.3 Å². The monoisotopic (exact) mass is 405 g/mol. The largest absolute Gasteiger partial charge is 0.490 e. The number of carbonyl (C=O) groups excluding carboxylic acids is 2. The van der Waals surface area contributed by atoms with Crippen LogP contribution in [0.4, 0.5) is 5.69 Å². The minimum Gasteiger partial charge on any atom is -0.490 e. The molecule has 0 spiro atoms. The molecule has 2 rings (SSSR count). The van der Waals surface area contributed by atoms with Crippen molar-refractivity contribution in [2.75, 3.05) is 18.5 Å². The summed E-state index contributed by atoms with van der Waals surface area (Å²) in [6, 6.07) is 5.10. The fraction of sp³-hybridized carbons (Fsp3) is 0.652. The highest BCUT2D eigenvalue weighted by Gasteiger charge is 2.39. The zero-order valence-corrected chi connectivity index (χ0v) is 18.2. The molecule has 1 aromatic carbocycles. The molecule has 1 amide bonds. The maximum atomic E-state index is 13.2. The second kappa shape index (κ2) is 11.2. The van der Waals surface area contributed by atoms with Crippen LogP contribution in [0.5, 0.6) is 5.75 Å². The molecular formula is C23H35NO5. The summed E-state index contributed by atoms with van der Waals surface area (Å²) in [7, 11) is 0. The van der Waals surface area contributed by atoms with Gasteiger partial charge in [0.15, 0.2) is 0 Å². The van der Waals surface area contributed by atoms with Gasteiger partial charge in [-0.2, -0.15) is 0 Å². The van der Waals surface area contributed by atoms with Gasteiger partial charge < -0.3 is 19.5 Å². The molecule has 0 radical (unpaired) electrons. The topological polar surface area (TPSA) is 73.9 Å². The van der Waals surface area contributed by atoms with Crippen LogP contribution in [0.15, 0.2) is 18.2 Å². The molecule has 0 unspecified atom stereocenters. The van der Waals surface area contributed by atoms with Gasteiger partial charge in [0, 0.05) is 12.3 Å². The van der Waals surface area contributed by atoms with Gasteiger partial charge in [0.1, 0.15) is 16.9 Å². The molecule has 0 bridgehead atoms. The lowest BCUT2D eigenvalue weighted by Crippen LogP contribution is -2.45. The molecule has 6 nitrogen and oxygen atoms in total. The molecule has 29 heavy (non-hydrogen) atoms. The molecule has 1 aromatic rings. The Morgan fingerprint density at radius 2 is 1.76 bits per heavy atom. The maximum Gasteiger partial charge on any atom is 0.341 e. The first kappa shape index (κ1) is 23.2. The van der Waals surface area contributed by atoms with Gasteiger partial charge in [0.25, 0.3) is 5.91 Å². The quantitative estimate of drug-likeness (QED) is 0.456. The number of hydrogen-bond acceptors (Lipinski definition) is 5. The molecule has 0 aromatic heterocycles. The van der Waals surface area contributed by atoms with E-state index in [0.29, 0.717) is 36.4 Å². The Kier molecular flexibility index (Phi) is 8.96. The van der Waals surface area contributed by atoms with E-state index < -0.39 is 11.6 Å². The third kappa shape index (κ3) is 6.20. The molecule has 1 aliphatic rings. The first-order chi connectivity index (χ1) is 14.0. The van der Waals surface area contributed by atoms with Gasteiger partial charge in [-0.3, -0.25) is 4.79 Å². The van der Waals surface area contributed by atoms with Crippen LogP contribution in [0.1, 0.15) is 83.0 Å². The average molecular weight is 406 g/mol. The molecule has 1 saturated carbocycles. The van der Waals surface area contributed by atoms with E-state index in [-0.39, 0.29) is 18.6 Å². The van der Waals surface area contributed by atoms with E-state index >= 15 is 0 Å². The highest BCUT2D eigenvalue weighted by molar-refractivity contribution is 5.99. The molecule has 6 heteroatoms.